The first-order valence-corrected chi connectivity index (χ1v) is 12.2. The first-order chi connectivity index (χ1) is 16.0. The minimum Gasteiger partial charge on any atom is -0.346 e. The van der Waals surface area contributed by atoms with E-state index in [2.05, 4.69) is 34.2 Å². The predicted molar refractivity (Wildman–Crippen MR) is 127 cm³/mol. The molecule has 1 aliphatic rings. The lowest BCUT2D eigenvalue weighted by Gasteiger charge is -2.28. The van der Waals surface area contributed by atoms with E-state index < -0.39 is 0 Å². The molecule has 4 heterocycles. The third kappa shape index (κ3) is 5.08. The van der Waals surface area contributed by atoms with E-state index >= 15 is 0 Å². The lowest BCUT2D eigenvalue weighted by molar-refractivity contribution is 0.0726. The summed E-state index contributed by atoms with van der Waals surface area (Å²) >= 11 is 1.45. The van der Waals surface area contributed by atoms with Crippen LogP contribution in [0.15, 0.2) is 47.9 Å². The van der Waals surface area contributed by atoms with Gasteiger partial charge in [0.15, 0.2) is 5.69 Å². The second kappa shape index (κ2) is 10.2. The average Bonchev–Trinajstić information content (AvgIpc) is 3.19. The van der Waals surface area contributed by atoms with Gasteiger partial charge in [-0.25, -0.2) is 4.98 Å². The van der Waals surface area contributed by atoms with Crippen LogP contribution in [0.3, 0.4) is 0 Å². The molecule has 0 fully saturated rings. The molecule has 4 rings (SSSR count). The van der Waals surface area contributed by atoms with Crippen molar-refractivity contribution in [3.63, 3.8) is 0 Å². The van der Waals surface area contributed by atoms with Crippen LogP contribution in [0.1, 0.15) is 51.5 Å². The van der Waals surface area contributed by atoms with Crippen molar-refractivity contribution in [3.05, 3.63) is 70.9 Å². The molecule has 0 radical (unpaired) electrons. The van der Waals surface area contributed by atoms with Crippen LogP contribution < -0.4 is 5.32 Å². The number of carbonyl (C=O) groups excluding carboxylic acids is 2. The van der Waals surface area contributed by atoms with Crippen molar-refractivity contribution in [2.45, 2.75) is 44.9 Å². The highest BCUT2D eigenvalue weighted by atomic mass is 32.2. The molecule has 0 aromatic carbocycles. The standard InChI is InChI=1S/C24H28N6O2S/c1-16(2)14-30-20-8-11-29(24(32)18-7-5-10-26-23(18)33-3)15-19(20)21(28-30)22(31)27-13-17-6-4-9-25-12-17/h4-7,9-10,12,16H,8,11,13-15H2,1-3H3,(H,27,31). The Bertz CT molecular complexity index is 1150. The van der Waals surface area contributed by atoms with Crippen LogP contribution in [-0.2, 0) is 26.1 Å². The van der Waals surface area contributed by atoms with E-state index in [-0.39, 0.29) is 11.8 Å². The van der Waals surface area contributed by atoms with E-state index in [9.17, 15) is 9.59 Å². The van der Waals surface area contributed by atoms with E-state index in [1.165, 1.54) is 11.8 Å². The Kier molecular flexibility index (Phi) is 7.08. The molecule has 0 saturated carbocycles. The Morgan fingerprint density at radius 1 is 1.21 bits per heavy atom. The number of nitrogens with zero attached hydrogens (tertiary/aromatic N) is 5. The number of rotatable bonds is 7. The van der Waals surface area contributed by atoms with Crippen LogP contribution in [0.4, 0.5) is 0 Å². The molecule has 33 heavy (non-hydrogen) atoms. The smallest absolute Gasteiger partial charge is 0.272 e. The van der Waals surface area contributed by atoms with Gasteiger partial charge in [0.1, 0.15) is 5.03 Å². The van der Waals surface area contributed by atoms with E-state index in [1.807, 2.05) is 23.1 Å². The van der Waals surface area contributed by atoms with Crippen molar-refractivity contribution in [2.24, 2.45) is 5.92 Å². The molecule has 0 spiro atoms. The molecule has 9 heteroatoms. The molecular formula is C24H28N6O2S. The quantitative estimate of drug-likeness (QED) is 0.540. The summed E-state index contributed by atoms with van der Waals surface area (Å²) in [6.07, 6.45) is 7.69. The van der Waals surface area contributed by atoms with Gasteiger partial charge in [0.25, 0.3) is 11.8 Å². The lowest BCUT2D eigenvalue weighted by Crippen LogP contribution is -2.37. The number of fused-ring (bicyclic) bond motifs is 1. The number of thioether (sulfide) groups is 1. The van der Waals surface area contributed by atoms with Gasteiger partial charge in [0, 0.05) is 55.9 Å². The molecule has 8 nitrogen and oxygen atoms in total. The Hall–Kier alpha value is -3.20. The molecule has 0 aliphatic carbocycles. The van der Waals surface area contributed by atoms with Gasteiger partial charge in [0.05, 0.1) is 12.1 Å². The van der Waals surface area contributed by atoms with Crippen LogP contribution in [0, 0.1) is 5.92 Å². The number of amides is 2. The van der Waals surface area contributed by atoms with Gasteiger partial charge >= 0.3 is 0 Å². The second-order valence-corrected chi connectivity index (χ2v) is 9.23. The maximum Gasteiger partial charge on any atom is 0.272 e. The topological polar surface area (TPSA) is 93.0 Å². The van der Waals surface area contributed by atoms with Crippen molar-refractivity contribution in [3.8, 4) is 0 Å². The zero-order valence-electron chi connectivity index (χ0n) is 19.1. The minimum absolute atomic E-state index is 0.0728. The first kappa shape index (κ1) is 23.0. The normalized spacial score (nSPS) is 13.2. The summed E-state index contributed by atoms with van der Waals surface area (Å²) in [5.74, 6) is 0.0778. The van der Waals surface area contributed by atoms with Gasteiger partial charge in [-0.3, -0.25) is 19.3 Å². The molecule has 0 saturated heterocycles. The molecule has 2 amide bonds. The number of hydrogen-bond donors (Lipinski definition) is 1. The van der Waals surface area contributed by atoms with Crippen LogP contribution in [0.25, 0.3) is 0 Å². The molecular weight excluding hydrogens is 436 g/mol. The second-order valence-electron chi connectivity index (χ2n) is 8.43. The molecule has 3 aromatic heterocycles. The zero-order chi connectivity index (χ0) is 23.4. The Balaban J connectivity index is 1.60. The largest absolute Gasteiger partial charge is 0.346 e. The summed E-state index contributed by atoms with van der Waals surface area (Å²) in [5, 5.41) is 8.34. The van der Waals surface area contributed by atoms with Gasteiger partial charge in [-0.1, -0.05) is 19.9 Å². The molecule has 172 valence electrons. The number of aromatic nitrogens is 4. The average molecular weight is 465 g/mol. The summed E-state index contributed by atoms with van der Waals surface area (Å²) in [7, 11) is 0. The van der Waals surface area contributed by atoms with Crippen LogP contribution >= 0.6 is 11.8 Å². The highest BCUT2D eigenvalue weighted by molar-refractivity contribution is 7.98. The van der Waals surface area contributed by atoms with Crippen molar-refractivity contribution >= 4 is 23.6 Å². The summed E-state index contributed by atoms with van der Waals surface area (Å²) in [4.78, 5) is 36.6. The molecule has 0 unspecified atom stereocenters. The summed E-state index contributed by atoms with van der Waals surface area (Å²) < 4.78 is 1.94. The number of pyridine rings is 2. The molecule has 0 atom stereocenters. The van der Waals surface area contributed by atoms with E-state index in [0.29, 0.717) is 48.3 Å². The zero-order valence-corrected chi connectivity index (χ0v) is 19.9. The number of hydrogen-bond acceptors (Lipinski definition) is 6. The minimum atomic E-state index is -0.238. The van der Waals surface area contributed by atoms with Crippen LogP contribution in [-0.4, -0.2) is 49.3 Å². The van der Waals surface area contributed by atoms with E-state index in [4.69, 9.17) is 0 Å². The summed E-state index contributed by atoms with van der Waals surface area (Å²) in [5.41, 5.74) is 3.76. The Labute approximate surface area is 197 Å². The fourth-order valence-corrected chi connectivity index (χ4v) is 4.54. The van der Waals surface area contributed by atoms with Gasteiger partial charge < -0.3 is 10.2 Å². The van der Waals surface area contributed by atoms with Crippen LogP contribution in [0.2, 0.25) is 0 Å². The van der Waals surface area contributed by atoms with Crippen molar-refractivity contribution in [1.29, 1.82) is 0 Å². The summed E-state index contributed by atoms with van der Waals surface area (Å²) in [6, 6.07) is 7.34. The maximum atomic E-state index is 13.3. The molecule has 1 N–H and O–H groups in total. The monoisotopic (exact) mass is 464 g/mol. The number of nitrogens with one attached hydrogen (secondary N) is 1. The van der Waals surface area contributed by atoms with Gasteiger partial charge in [-0.05, 0) is 35.9 Å². The number of carbonyl (C=O) groups is 2. The van der Waals surface area contributed by atoms with Crippen molar-refractivity contribution in [1.82, 2.24) is 30.0 Å². The van der Waals surface area contributed by atoms with Gasteiger partial charge in [-0.2, -0.15) is 5.10 Å². The molecule has 0 bridgehead atoms. The highest BCUT2D eigenvalue weighted by Gasteiger charge is 2.31. The fraction of sp³-hybridized carbons (Fsp3) is 0.375. The summed E-state index contributed by atoms with van der Waals surface area (Å²) in [6.45, 7) is 6.28. The van der Waals surface area contributed by atoms with Gasteiger partial charge in [0.2, 0.25) is 0 Å². The molecule has 1 aliphatic heterocycles. The predicted octanol–water partition coefficient (Wildman–Crippen LogP) is 3.18. The maximum absolute atomic E-state index is 13.3. The first-order valence-electron chi connectivity index (χ1n) is 11.0. The Morgan fingerprint density at radius 3 is 2.76 bits per heavy atom. The van der Waals surface area contributed by atoms with Gasteiger partial charge in [-0.15, -0.1) is 11.8 Å². The third-order valence-electron chi connectivity index (χ3n) is 5.55. The van der Waals surface area contributed by atoms with Crippen molar-refractivity contribution < 1.29 is 9.59 Å². The fourth-order valence-electron chi connectivity index (χ4n) is 4.00. The highest BCUT2D eigenvalue weighted by Crippen LogP contribution is 2.27. The molecule has 3 aromatic rings. The van der Waals surface area contributed by atoms with E-state index in [0.717, 1.165) is 23.4 Å². The van der Waals surface area contributed by atoms with Crippen molar-refractivity contribution in [2.75, 3.05) is 12.8 Å². The Morgan fingerprint density at radius 2 is 2.03 bits per heavy atom. The van der Waals surface area contributed by atoms with E-state index in [1.54, 1.807) is 35.6 Å². The lowest BCUT2D eigenvalue weighted by atomic mass is 10.0. The van der Waals surface area contributed by atoms with Crippen LogP contribution in [0.5, 0.6) is 0 Å². The SMILES string of the molecule is CSc1ncccc1C(=O)N1CCc2c(c(C(=O)NCc3cccnc3)nn2CC(C)C)C1. The third-order valence-corrected chi connectivity index (χ3v) is 6.26.